The van der Waals surface area contributed by atoms with Crippen molar-refractivity contribution in [2.45, 2.75) is 20.4 Å². The number of nitrogens with zero attached hydrogens (tertiary/aromatic N) is 5. The fourth-order valence-corrected chi connectivity index (χ4v) is 4.78. The number of pyridine rings is 2. The standard InChI is InChI=1S/C28H21FN6O/c1-5-21-25(29)16(3)20(13-30-21)26-23-19-10-9-18(36-22-8-6-7-15(2)34-22)11-17(19)12-31-27-24(23)28(35(26)4)33-14-32-27/h1,6-11,13-14H,12H2,2-4H3,(H,31,32,33). The Morgan fingerprint density at radius 2 is 1.97 bits per heavy atom. The van der Waals surface area contributed by atoms with E-state index < -0.39 is 5.82 Å². The number of benzene rings is 1. The fraction of sp³-hybridized carbons (Fsp3) is 0.143. The lowest BCUT2D eigenvalue weighted by Gasteiger charge is -2.15. The molecule has 0 bridgehead atoms. The Hall–Kier alpha value is -4.77. The minimum absolute atomic E-state index is 0.00465. The second-order valence-corrected chi connectivity index (χ2v) is 8.70. The first-order valence-corrected chi connectivity index (χ1v) is 11.4. The summed E-state index contributed by atoms with van der Waals surface area (Å²) in [5.41, 5.74) is 6.34. The van der Waals surface area contributed by atoms with Crippen molar-refractivity contribution >= 4 is 16.9 Å². The van der Waals surface area contributed by atoms with Crippen molar-refractivity contribution in [1.82, 2.24) is 24.5 Å². The van der Waals surface area contributed by atoms with Gasteiger partial charge in [0.15, 0.2) is 5.82 Å². The third kappa shape index (κ3) is 3.28. The zero-order chi connectivity index (χ0) is 25.0. The van der Waals surface area contributed by atoms with Crippen molar-refractivity contribution in [3.8, 4) is 46.4 Å². The van der Waals surface area contributed by atoms with Crippen LogP contribution in [0.2, 0.25) is 0 Å². The van der Waals surface area contributed by atoms with E-state index in [0.717, 1.165) is 39.1 Å². The molecule has 5 heterocycles. The molecule has 0 amide bonds. The van der Waals surface area contributed by atoms with Crippen LogP contribution >= 0.6 is 0 Å². The van der Waals surface area contributed by atoms with Gasteiger partial charge in [0.1, 0.15) is 29.2 Å². The number of ether oxygens (including phenoxy) is 1. The Kier molecular flexibility index (Phi) is 4.93. The Labute approximate surface area is 207 Å². The molecule has 176 valence electrons. The number of aryl methyl sites for hydroxylation is 2. The molecule has 0 radical (unpaired) electrons. The van der Waals surface area contributed by atoms with Crippen LogP contribution in [0.4, 0.5) is 10.2 Å². The summed E-state index contributed by atoms with van der Waals surface area (Å²) in [5.74, 6) is 3.72. The van der Waals surface area contributed by atoms with Crippen LogP contribution in [0.1, 0.15) is 22.5 Å². The number of terminal acetylenes is 1. The van der Waals surface area contributed by atoms with Crippen LogP contribution in [0.25, 0.3) is 33.4 Å². The molecule has 0 unspecified atom stereocenters. The molecular weight excluding hydrogens is 455 g/mol. The van der Waals surface area contributed by atoms with Crippen LogP contribution < -0.4 is 10.1 Å². The molecule has 8 heteroatoms. The predicted octanol–water partition coefficient (Wildman–Crippen LogP) is 5.55. The molecule has 0 fully saturated rings. The van der Waals surface area contributed by atoms with E-state index in [1.165, 1.54) is 6.33 Å². The predicted molar refractivity (Wildman–Crippen MR) is 136 cm³/mol. The number of hydrogen-bond acceptors (Lipinski definition) is 6. The molecule has 7 nitrogen and oxygen atoms in total. The second kappa shape index (κ2) is 8.17. The molecule has 6 rings (SSSR count). The highest BCUT2D eigenvalue weighted by Crippen LogP contribution is 2.46. The van der Waals surface area contributed by atoms with Gasteiger partial charge in [-0.1, -0.05) is 12.1 Å². The van der Waals surface area contributed by atoms with Gasteiger partial charge in [-0.2, -0.15) is 0 Å². The molecule has 5 aromatic rings. The van der Waals surface area contributed by atoms with Crippen molar-refractivity contribution in [3.63, 3.8) is 0 Å². The molecule has 0 atom stereocenters. The molecule has 0 saturated carbocycles. The Morgan fingerprint density at radius 3 is 2.78 bits per heavy atom. The average molecular weight is 477 g/mol. The van der Waals surface area contributed by atoms with E-state index in [1.807, 2.05) is 54.9 Å². The van der Waals surface area contributed by atoms with Gasteiger partial charge in [-0.15, -0.1) is 6.42 Å². The first kappa shape index (κ1) is 21.7. The highest BCUT2D eigenvalue weighted by molar-refractivity contribution is 6.09. The zero-order valence-corrected chi connectivity index (χ0v) is 19.9. The molecule has 0 aliphatic carbocycles. The summed E-state index contributed by atoms with van der Waals surface area (Å²) in [4.78, 5) is 17.7. The third-order valence-electron chi connectivity index (χ3n) is 6.50. The van der Waals surface area contributed by atoms with Gasteiger partial charge < -0.3 is 14.6 Å². The molecule has 1 aromatic carbocycles. The molecular formula is C28H21FN6O. The number of fused-ring (bicyclic) bond motifs is 2. The lowest BCUT2D eigenvalue weighted by molar-refractivity contribution is 0.461. The highest BCUT2D eigenvalue weighted by atomic mass is 19.1. The van der Waals surface area contributed by atoms with Gasteiger partial charge in [0, 0.05) is 42.7 Å². The number of halogens is 1. The van der Waals surface area contributed by atoms with Gasteiger partial charge in [0.2, 0.25) is 5.88 Å². The number of hydrogen-bond donors (Lipinski definition) is 1. The average Bonchev–Trinajstić information content (AvgIpc) is 3.06. The van der Waals surface area contributed by atoms with Crippen molar-refractivity contribution in [3.05, 3.63) is 77.3 Å². The second-order valence-electron chi connectivity index (χ2n) is 8.70. The van der Waals surface area contributed by atoms with Gasteiger partial charge in [0.25, 0.3) is 0 Å². The maximum atomic E-state index is 15.1. The van der Waals surface area contributed by atoms with E-state index in [-0.39, 0.29) is 5.69 Å². The van der Waals surface area contributed by atoms with Crippen molar-refractivity contribution in [1.29, 1.82) is 0 Å². The Morgan fingerprint density at radius 1 is 1.11 bits per heavy atom. The number of aromatic nitrogens is 5. The molecule has 0 saturated heterocycles. The van der Waals surface area contributed by atoms with Crippen LogP contribution in [0.5, 0.6) is 11.6 Å². The number of rotatable bonds is 3. The minimum Gasteiger partial charge on any atom is -0.439 e. The van der Waals surface area contributed by atoms with E-state index in [2.05, 4.69) is 31.2 Å². The summed E-state index contributed by atoms with van der Waals surface area (Å²) in [6.07, 6.45) is 8.60. The number of anilines is 1. The van der Waals surface area contributed by atoms with E-state index in [0.29, 0.717) is 35.1 Å². The summed E-state index contributed by atoms with van der Waals surface area (Å²) in [6, 6.07) is 11.6. The van der Waals surface area contributed by atoms with Gasteiger partial charge in [-0.05, 0) is 54.7 Å². The SMILES string of the molecule is C#Cc1ncc(-c2c3c4c(ncnc4n2C)NCc2cc(Oc4cccc(C)n4)ccc2-3)c(C)c1F. The fourth-order valence-electron chi connectivity index (χ4n) is 4.78. The Bertz CT molecular complexity index is 1730. The zero-order valence-electron chi connectivity index (χ0n) is 19.9. The lowest BCUT2D eigenvalue weighted by Crippen LogP contribution is -2.04. The van der Waals surface area contributed by atoms with Crippen molar-refractivity contribution < 1.29 is 9.13 Å². The molecule has 1 aliphatic rings. The third-order valence-corrected chi connectivity index (χ3v) is 6.50. The van der Waals surface area contributed by atoms with Crippen molar-refractivity contribution in [2.75, 3.05) is 5.32 Å². The topological polar surface area (TPSA) is 77.8 Å². The smallest absolute Gasteiger partial charge is 0.219 e. The molecule has 4 aromatic heterocycles. The van der Waals surface area contributed by atoms with E-state index in [4.69, 9.17) is 11.2 Å². The maximum absolute atomic E-state index is 15.1. The van der Waals surface area contributed by atoms with Gasteiger partial charge in [0.05, 0.1) is 11.1 Å². The lowest BCUT2D eigenvalue weighted by atomic mass is 9.94. The molecule has 1 aliphatic heterocycles. The summed E-state index contributed by atoms with van der Waals surface area (Å²) in [5, 5.41) is 4.29. The molecule has 0 spiro atoms. The first-order chi connectivity index (χ1) is 17.5. The van der Waals surface area contributed by atoms with Crippen LogP contribution in [-0.4, -0.2) is 24.5 Å². The Balaban J connectivity index is 1.58. The van der Waals surface area contributed by atoms with Crippen LogP contribution in [0.15, 0.2) is 48.9 Å². The summed E-state index contributed by atoms with van der Waals surface area (Å²) >= 11 is 0. The summed E-state index contributed by atoms with van der Waals surface area (Å²) in [7, 11) is 1.91. The normalized spacial score (nSPS) is 12.0. The van der Waals surface area contributed by atoms with Gasteiger partial charge in [-0.25, -0.2) is 24.3 Å². The summed E-state index contributed by atoms with van der Waals surface area (Å²) < 4.78 is 23.0. The monoisotopic (exact) mass is 476 g/mol. The van der Waals surface area contributed by atoms with Crippen LogP contribution in [0.3, 0.4) is 0 Å². The summed E-state index contributed by atoms with van der Waals surface area (Å²) in [6.45, 7) is 4.16. The number of nitrogens with one attached hydrogen (secondary N) is 1. The molecule has 36 heavy (non-hydrogen) atoms. The largest absolute Gasteiger partial charge is 0.439 e. The highest BCUT2D eigenvalue weighted by Gasteiger charge is 2.28. The first-order valence-electron chi connectivity index (χ1n) is 11.4. The van der Waals surface area contributed by atoms with E-state index in [1.54, 1.807) is 13.1 Å². The maximum Gasteiger partial charge on any atom is 0.219 e. The van der Waals surface area contributed by atoms with Gasteiger partial charge in [-0.3, -0.25) is 0 Å². The van der Waals surface area contributed by atoms with Crippen molar-refractivity contribution in [2.24, 2.45) is 7.05 Å². The minimum atomic E-state index is -0.500. The van der Waals surface area contributed by atoms with Crippen LogP contribution in [-0.2, 0) is 13.6 Å². The van der Waals surface area contributed by atoms with Crippen LogP contribution in [0, 0.1) is 32.0 Å². The van der Waals surface area contributed by atoms with Gasteiger partial charge >= 0.3 is 0 Å². The molecule has 1 N–H and O–H groups in total. The van der Waals surface area contributed by atoms with E-state index >= 15 is 4.39 Å². The quantitative estimate of drug-likeness (QED) is 0.344. The van der Waals surface area contributed by atoms with E-state index in [9.17, 15) is 0 Å².